The molecule has 0 bridgehead atoms. The van der Waals surface area contributed by atoms with Crippen molar-refractivity contribution in [2.24, 2.45) is 0 Å². The summed E-state index contributed by atoms with van der Waals surface area (Å²) < 4.78 is 5.41. The summed E-state index contributed by atoms with van der Waals surface area (Å²) in [7, 11) is 1.62. The number of rotatable bonds is 3. The van der Waals surface area contributed by atoms with Gasteiger partial charge in [0.25, 0.3) is 5.56 Å². The smallest absolute Gasteiger partial charge is 0.260 e. The van der Waals surface area contributed by atoms with E-state index in [1.165, 1.54) is 11.3 Å². The van der Waals surface area contributed by atoms with Gasteiger partial charge in [-0.1, -0.05) is 11.6 Å². The molecule has 0 aliphatic carbocycles. The third kappa shape index (κ3) is 2.43. The predicted octanol–water partition coefficient (Wildman–Crippen LogP) is 3.71. The molecular weight excluding hydrogens is 308 g/mol. The molecule has 0 radical (unpaired) electrons. The first-order chi connectivity index (χ1) is 10.1. The van der Waals surface area contributed by atoms with Crippen LogP contribution in [0.1, 0.15) is 11.4 Å². The lowest BCUT2D eigenvalue weighted by molar-refractivity contribution is 0.416. The van der Waals surface area contributed by atoms with Crippen LogP contribution in [0.4, 0.5) is 0 Å². The van der Waals surface area contributed by atoms with Gasteiger partial charge in [0.15, 0.2) is 0 Å². The Labute approximate surface area is 130 Å². The van der Waals surface area contributed by atoms with E-state index in [9.17, 15) is 4.79 Å². The Morgan fingerprint density at radius 3 is 2.90 bits per heavy atom. The normalized spacial score (nSPS) is 11.0. The summed E-state index contributed by atoms with van der Waals surface area (Å²) in [6, 6.07) is 5.89. The third-order valence-electron chi connectivity index (χ3n) is 3.26. The molecule has 3 rings (SSSR count). The fourth-order valence-electron chi connectivity index (χ4n) is 2.29. The highest BCUT2D eigenvalue weighted by molar-refractivity contribution is 7.17. The number of hydrogen-bond donors (Lipinski definition) is 1. The van der Waals surface area contributed by atoms with Crippen molar-refractivity contribution < 1.29 is 4.74 Å². The second-order valence-electron chi connectivity index (χ2n) is 4.68. The van der Waals surface area contributed by atoms with E-state index in [1.807, 2.05) is 30.5 Å². The minimum atomic E-state index is -0.171. The van der Waals surface area contributed by atoms with E-state index in [4.69, 9.17) is 16.3 Å². The maximum Gasteiger partial charge on any atom is 0.260 e. The van der Waals surface area contributed by atoms with Crippen LogP contribution in [0, 0.1) is 6.92 Å². The summed E-state index contributed by atoms with van der Waals surface area (Å²) in [4.78, 5) is 20.1. The zero-order valence-electron chi connectivity index (χ0n) is 11.6. The zero-order valence-corrected chi connectivity index (χ0v) is 13.1. The molecule has 0 aliphatic heterocycles. The number of H-pyrrole nitrogens is 1. The molecule has 4 nitrogen and oxygen atoms in total. The van der Waals surface area contributed by atoms with Crippen LogP contribution in [0.25, 0.3) is 21.3 Å². The van der Waals surface area contributed by atoms with Gasteiger partial charge in [0.05, 0.1) is 18.4 Å². The standard InChI is InChI=1S/C15H13ClN2O2S/c1-8-3-4-11(20-2)9(5-8)10-7-21-15-13(10)14(19)17-12(6-16)18-15/h3-5,7H,6H2,1-2H3,(H,17,18,19). The first-order valence-corrected chi connectivity index (χ1v) is 7.77. The molecule has 108 valence electrons. The first-order valence-electron chi connectivity index (χ1n) is 6.35. The van der Waals surface area contributed by atoms with Gasteiger partial charge < -0.3 is 9.72 Å². The molecule has 3 aromatic rings. The number of thiophene rings is 1. The lowest BCUT2D eigenvalue weighted by Crippen LogP contribution is -2.10. The predicted molar refractivity (Wildman–Crippen MR) is 86.5 cm³/mol. The number of aryl methyl sites for hydroxylation is 1. The Balaban J connectivity index is 2.32. The number of nitrogens with one attached hydrogen (secondary N) is 1. The topological polar surface area (TPSA) is 55.0 Å². The largest absolute Gasteiger partial charge is 0.496 e. The van der Waals surface area contributed by atoms with Crippen molar-refractivity contribution in [1.29, 1.82) is 0 Å². The summed E-state index contributed by atoms with van der Waals surface area (Å²) in [5.41, 5.74) is 2.67. The number of alkyl halides is 1. The number of benzene rings is 1. The Kier molecular flexibility index (Phi) is 3.69. The second-order valence-corrected chi connectivity index (χ2v) is 5.80. The van der Waals surface area contributed by atoms with Crippen LogP contribution in [-0.2, 0) is 5.88 Å². The Bertz CT molecular complexity index is 870. The lowest BCUT2D eigenvalue weighted by atomic mass is 10.0. The molecule has 0 amide bonds. The van der Waals surface area contributed by atoms with Crippen LogP contribution in [0.3, 0.4) is 0 Å². The van der Waals surface area contributed by atoms with Crippen molar-refractivity contribution in [2.75, 3.05) is 7.11 Å². The molecule has 2 aromatic heterocycles. The van der Waals surface area contributed by atoms with Crippen LogP contribution in [0.5, 0.6) is 5.75 Å². The third-order valence-corrected chi connectivity index (χ3v) is 4.39. The molecule has 6 heteroatoms. The van der Waals surface area contributed by atoms with Crippen molar-refractivity contribution in [2.45, 2.75) is 12.8 Å². The molecular formula is C15H13ClN2O2S. The Morgan fingerprint density at radius 2 is 2.19 bits per heavy atom. The van der Waals surface area contributed by atoms with Gasteiger partial charge in [-0.2, -0.15) is 0 Å². The number of methoxy groups -OCH3 is 1. The van der Waals surface area contributed by atoms with Gasteiger partial charge in [0.2, 0.25) is 0 Å². The fourth-order valence-corrected chi connectivity index (χ4v) is 3.37. The summed E-state index contributed by atoms with van der Waals surface area (Å²) in [5, 5.41) is 2.51. The van der Waals surface area contributed by atoms with E-state index in [0.29, 0.717) is 16.0 Å². The van der Waals surface area contributed by atoms with Crippen molar-refractivity contribution in [3.05, 3.63) is 45.3 Å². The Hall–Kier alpha value is -1.85. The average Bonchev–Trinajstić information content (AvgIpc) is 2.91. The van der Waals surface area contributed by atoms with Crippen molar-refractivity contribution in [3.8, 4) is 16.9 Å². The van der Waals surface area contributed by atoms with Crippen molar-refractivity contribution in [1.82, 2.24) is 9.97 Å². The molecule has 1 aromatic carbocycles. The van der Waals surface area contributed by atoms with Crippen LogP contribution < -0.4 is 10.3 Å². The summed E-state index contributed by atoms with van der Waals surface area (Å²) in [6.07, 6.45) is 0. The fraction of sp³-hybridized carbons (Fsp3) is 0.200. The molecule has 21 heavy (non-hydrogen) atoms. The molecule has 2 heterocycles. The molecule has 0 aliphatic rings. The lowest BCUT2D eigenvalue weighted by Gasteiger charge is -2.08. The van der Waals surface area contributed by atoms with Gasteiger partial charge in [-0.3, -0.25) is 4.79 Å². The number of fused-ring (bicyclic) bond motifs is 1. The zero-order chi connectivity index (χ0) is 15.0. The number of aromatic nitrogens is 2. The van der Waals surface area contributed by atoms with E-state index in [0.717, 1.165) is 22.4 Å². The van der Waals surface area contributed by atoms with E-state index >= 15 is 0 Å². The molecule has 0 saturated carbocycles. The van der Waals surface area contributed by atoms with Crippen molar-refractivity contribution >= 4 is 33.2 Å². The monoisotopic (exact) mass is 320 g/mol. The maximum atomic E-state index is 12.3. The maximum absolute atomic E-state index is 12.3. The number of hydrogen-bond acceptors (Lipinski definition) is 4. The Morgan fingerprint density at radius 1 is 1.38 bits per heavy atom. The van der Waals surface area contributed by atoms with Gasteiger partial charge in [-0.05, 0) is 19.1 Å². The molecule has 0 saturated heterocycles. The minimum absolute atomic E-state index is 0.171. The number of aromatic amines is 1. The molecule has 1 N–H and O–H groups in total. The SMILES string of the molecule is COc1ccc(C)cc1-c1csc2nc(CCl)[nH]c(=O)c12. The van der Waals surface area contributed by atoms with Crippen LogP contribution >= 0.6 is 22.9 Å². The molecule has 0 atom stereocenters. The van der Waals surface area contributed by atoms with Gasteiger partial charge in [0.1, 0.15) is 16.4 Å². The van der Waals surface area contributed by atoms with Gasteiger partial charge in [-0.25, -0.2) is 4.98 Å². The summed E-state index contributed by atoms with van der Waals surface area (Å²) in [6.45, 7) is 2.01. The van der Waals surface area contributed by atoms with Gasteiger partial charge >= 0.3 is 0 Å². The number of ether oxygens (including phenoxy) is 1. The van der Waals surface area contributed by atoms with Crippen LogP contribution in [0.2, 0.25) is 0 Å². The quantitative estimate of drug-likeness (QED) is 0.748. The van der Waals surface area contributed by atoms with Crippen molar-refractivity contribution in [3.63, 3.8) is 0 Å². The number of halogens is 1. The molecule has 0 fully saturated rings. The highest BCUT2D eigenvalue weighted by atomic mass is 35.5. The van der Waals surface area contributed by atoms with Gasteiger partial charge in [0, 0.05) is 16.5 Å². The van der Waals surface area contributed by atoms with E-state index in [1.54, 1.807) is 7.11 Å². The second kappa shape index (κ2) is 5.50. The highest BCUT2D eigenvalue weighted by Crippen LogP contribution is 2.37. The van der Waals surface area contributed by atoms with Crippen LogP contribution in [-0.4, -0.2) is 17.1 Å². The minimum Gasteiger partial charge on any atom is -0.496 e. The summed E-state index contributed by atoms with van der Waals surface area (Å²) >= 11 is 7.18. The van der Waals surface area contributed by atoms with Crippen LogP contribution in [0.15, 0.2) is 28.4 Å². The average molecular weight is 321 g/mol. The van der Waals surface area contributed by atoms with E-state index < -0.39 is 0 Å². The highest BCUT2D eigenvalue weighted by Gasteiger charge is 2.15. The summed E-state index contributed by atoms with van der Waals surface area (Å²) in [5.74, 6) is 1.41. The number of nitrogens with zero attached hydrogens (tertiary/aromatic N) is 1. The first kappa shape index (κ1) is 14.1. The van der Waals surface area contributed by atoms with E-state index in [2.05, 4.69) is 9.97 Å². The molecule has 0 unspecified atom stereocenters. The molecule has 0 spiro atoms. The van der Waals surface area contributed by atoms with Gasteiger partial charge in [-0.15, -0.1) is 22.9 Å². The van der Waals surface area contributed by atoms with E-state index in [-0.39, 0.29) is 11.4 Å².